The molecule has 4 rings (SSSR count). The van der Waals surface area contributed by atoms with Crippen LogP contribution >= 0.6 is 0 Å². The summed E-state index contributed by atoms with van der Waals surface area (Å²) in [6, 6.07) is 19.5. The average Bonchev–Trinajstić information content (AvgIpc) is 3.13. The van der Waals surface area contributed by atoms with Crippen LogP contribution in [0.1, 0.15) is 22.6 Å². The molecule has 168 valence electrons. The number of nitro benzene ring substituents is 1. The largest absolute Gasteiger partial charge is 0.497 e. The lowest BCUT2D eigenvalue weighted by molar-refractivity contribution is -0.384. The molecule has 1 N–H and O–H groups in total. The maximum atomic E-state index is 13.0. The van der Waals surface area contributed by atoms with Crippen molar-refractivity contribution in [1.82, 2.24) is 4.90 Å². The molecule has 8 nitrogen and oxygen atoms in total. The van der Waals surface area contributed by atoms with E-state index in [4.69, 9.17) is 9.73 Å². The molecule has 1 aliphatic heterocycles. The standard InChI is InChI=1S/C25H24N4O4/c1-28(2)15-16-4-8-18(9-5-16)26-24(17-6-11-20(33-3)12-7-17)23-21-14-19(29(31)32)10-13-22(21)27-25(23)30/h4-14,23H,15H2,1-3H3,(H,27,30). The van der Waals surface area contributed by atoms with Crippen molar-refractivity contribution >= 4 is 28.7 Å². The molecule has 1 amide bonds. The summed E-state index contributed by atoms with van der Waals surface area (Å²) in [5, 5.41) is 14.2. The molecule has 0 spiro atoms. The second kappa shape index (κ2) is 9.22. The minimum absolute atomic E-state index is 0.0719. The number of nitro groups is 1. The Morgan fingerprint density at radius 3 is 2.39 bits per heavy atom. The monoisotopic (exact) mass is 444 g/mol. The minimum Gasteiger partial charge on any atom is -0.497 e. The summed E-state index contributed by atoms with van der Waals surface area (Å²) >= 11 is 0. The van der Waals surface area contributed by atoms with Gasteiger partial charge in [-0.1, -0.05) is 12.1 Å². The number of carbonyl (C=O) groups is 1. The maximum absolute atomic E-state index is 13.0. The van der Waals surface area contributed by atoms with E-state index in [1.165, 1.54) is 12.1 Å². The van der Waals surface area contributed by atoms with E-state index >= 15 is 0 Å². The van der Waals surface area contributed by atoms with E-state index in [1.807, 2.05) is 50.5 Å². The number of carbonyl (C=O) groups excluding carboxylic acids is 1. The second-order valence-corrected chi connectivity index (χ2v) is 8.08. The van der Waals surface area contributed by atoms with Crippen molar-refractivity contribution in [1.29, 1.82) is 0 Å². The van der Waals surface area contributed by atoms with E-state index in [0.717, 1.165) is 17.7 Å². The van der Waals surface area contributed by atoms with Crippen molar-refractivity contribution in [2.45, 2.75) is 12.5 Å². The number of amides is 1. The lowest BCUT2D eigenvalue weighted by atomic mass is 9.90. The zero-order valence-corrected chi connectivity index (χ0v) is 18.6. The van der Waals surface area contributed by atoms with Gasteiger partial charge in [0.2, 0.25) is 5.91 Å². The number of nitrogens with zero attached hydrogens (tertiary/aromatic N) is 3. The van der Waals surface area contributed by atoms with Gasteiger partial charge in [0.25, 0.3) is 5.69 Å². The minimum atomic E-state index is -0.783. The van der Waals surface area contributed by atoms with E-state index in [9.17, 15) is 14.9 Å². The number of hydrogen-bond acceptors (Lipinski definition) is 6. The quantitative estimate of drug-likeness (QED) is 0.328. The number of ether oxygens (including phenoxy) is 1. The Morgan fingerprint density at radius 1 is 1.09 bits per heavy atom. The van der Waals surface area contributed by atoms with Crippen LogP contribution in [-0.2, 0) is 11.3 Å². The molecule has 0 aliphatic carbocycles. The molecule has 1 atom stereocenters. The Bertz CT molecular complexity index is 1220. The fourth-order valence-corrected chi connectivity index (χ4v) is 3.87. The SMILES string of the molecule is COc1ccc(C(=Nc2ccc(CN(C)C)cc2)C2C(=O)Nc3ccc([N+](=O)[O-])cc32)cc1. The summed E-state index contributed by atoms with van der Waals surface area (Å²) < 4.78 is 5.26. The molecule has 33 heavy (non-hydrogen) atoms. The summed E-state index contributed by atoms with van der Waals surface area (Å²) in [7, 11) is 5.59. The highest BCUT2D eigenvalue weighted by Crippen LogP contribution is 2.38. The van der Waals surface area contributed by atoms with Crippen molar-refractivity contribution < 1.29 is 14.5 Å². The van der Waals surface area contributed by atoms with E-state index in [-0.39, 0.29) is 11.6 Å². The third kappa shape index (κ3) is 4.75. The molecule has 1 unspecified atom stereocenters. The number of nitrogens with one attached hydrogen (secondary N) is 1. The summed E-state index contributed by atoms with van der Waals surface area (Å²) in [5.74, 6) is -0.378. The number of methoxy groups -OCH3 is 1. The predicted octanol–water partition coefficient (Wildman–Crippen LogP) is 4.52. The van der Waals surface area contributed by atoms with E-state index < -0.39 is 10.8 Å². The van der Waals surface area contributed by atoms with Gasteiger partial charge in [-0.3, -0.25) is 19.9 Å². The van der Waals surface area contributed by atoms with Crippen molar-refractivity contribution in [3.63, 3.8) is 0 Å². The molecular formula is C25H24N4O4. The molecule has 8 heteroatoms. The summed E-state index contributed by atoms with van der Waals surface area (Å²) in [6.07, 6.45) is 0. The van der Waals surface area contributed by atoms with Gasteiger partial charge in [-0.15, -0.1) is 0 Å². The first kappa shape index (κ1) is 22.2. The van der Waals surface area contributed by atoms with Crippen LogP contribution in [0.15, 0.2) is 71.7 Å². The molecule has 1 aliphatic rings. The number of aliphatic imine (C=N–C) groups is 1. The van der Waals surface area contributed by atoms with Crippen LogP contribution in [0.2, 0.25) is 0 Å². The lowest BCUT2D eigenvalue weighted by Gasteiger charge is -2.15. The number of non-ortho nitro benzene ring substituents is 1. The zero-order chi connectivity index (χ0) is 23.5. The maximum Gasteiger partial charge on any atom is 0.269 e. The smallest absolute Gasteiger partial charge is 0.269 e. The molecular weight excluding hydrogens is 420 g/mol. The van der Waals surface area contributed by atoms with Gasteiger partial charge in [-0.2, -0.15) is 0 Å². The summed E-state index contributed by atoms with van der Waals surface area (Å²) in [6.45, 7) is 0.803. The summed E-state index contributed by atoms with van der Waals surface area (Å²) in [5.41, 5.74) is 4.09. The van der Waals surface area contributed by atoms with Crippen LogP contribution in [0, 0.1) is 10.1 Å². The van der Waals surface area contributed by atoms with Crippen molar-refractivity contribution in [3.8, 4) is 5.75 Å². The fourth-order valence-electron chi connectivity index (χ4n) is 3.87. The fraction of sp³-hybridized carbons (Fsp3) is 0.200. The predicted molar refractivity (Wildman–Crippen MR) is 127 cm³/mol. The third-order valence-electron chi connectivity index (χ3n) is 5.42. The lowest BCUT2D eigenvalue weighted by Crippen LogP contribution is -2.22. The Morgan fingerprint density at radius 2 is 1.79 bits per heavy atom. The van der Waals surface area contributed by atoms with Crippen molar-refractivity contribution in [2.75, 3.05) is 26.5 Å². The van der Waals surface area contributed by atoms with Gasteiger partial charge < -0.3 is 15.0 Å². The van der Waals surface area contributed by atoms with Crippen LogP contribution in [0.4, 0.5) is 17.1 Å². The Hall–Kier alpha value is -4.04. The van der Waals surface area contributed by atoms with Crippen LogP contribution in [-0.4, -0.2) is 42.6 Å². The molecule has 0 aromatic heterocycles. The van der Waals surface area contributed by atoms with Gasteiger partial charge in [-0.25, -0.2) is 0 Å². The van der Waals surface area contributed by atoms with Crippen LogP contribution in [0.25, 0.3) is 0 Å². The summed E-state index contributed by atoms with van der Waals surface area (Å²) in [4.78, 5) is 30.8. The average molecular weight is 444 g/mol. The molecule has 3 aromatic carbocycles. The number of anilines is 1. The number of benzene rings is 3. The van der Waals surface area contributed by atoms with Gasteiger partial charge >= 0.3 is 0 Å². The molecule has 1 heterocycles. The highest BCUT2D eigenvalue weighted by molar-refractivity contribution is 6.24. The zero-order valence-electron chi connectivity index (χ0n) is 18.6. The van der Waals surface area contributed by atoms with E-state index in [1.54, 1.807) is 25.3 Å². The Labute approximate surface area is 191 Å². The number of rotatable bonds is 7. The van der Waals surface area contributed by atoms with Gasteiger partial charge in [0.1, 0.15) is 11.7 Å². The topological polar surface area (TPSA) is 97.1 Å². The van der Waals surface area contributed by atoms with Gasteiger partial charge in [0.05, 0.1) is 23.4 Å². The number of hydrogen-bond donors (Lipinski definition) is 1. The van der Waals surface area contributed by atoms with Crippen LogP contribution < -0.4 is 10.1 Å². The molecule has 0 fully saturated rings. The Balaban J connectivity index is 1.82. The van der Waals surface area contributed by atoms with Crippen LogP contribution in [0.3, 0.4) is 0 Å². The molecule has 0 saturated heterocycles. The first-order valence-electron chi connectivity index (χ1n) is 10.4. The Kier molecular flexibility index (Phi) is 6.19. The van der Waals surface area contributed by atoms with E-state index in [2.05, 4.69) is 10.2 Å². The van der Waals surface area contributed by atoms with Gasteiger partial charge in [0, 0.05) is 29.9 Å². The van der Waals surface area contributed by atoms with Gasteiger partial charge in [0.15, 0.2) is 0 Å². The number of fused-ring (bicyclic) bond motifs is 1. The van der Waals surface area contributed by atoms with E-state index in [0.29, 0.717) is 28.4 Å². The normalized spacial score (nSPS) is 15.3. The third-order valence-corrected chi connectivity index (χ3v) is 5.42. The molecule has 3 aromatic rings. The highest BCUT2D eigenvalue weighted by atomic mass is 16.6. The van der Waals surface area contributed by atoms with Crippen molar-refractivity contribution in [3.05, 3.63) is 93.5 Å². The first-order valence-corrected chi connectivity index (χ1v) is 10.4. The first-order chi connectivity index (χ1) is 15.9. The molecule has 0 bridgehead atoms. The highest BCUT2D eigenvalue weighted by Gasteiger charge is 2.36. The van der Waals surface area contributed by atoms with Gasteiger partial charge in [-0.05, 0) is 67.7 Å². The molecule has 0 saturated carbocycles. The van der Waals surface area contributed by atoms with Crippen molar-refractivity contribution in [2.24, 2.45) is 4.99 Å². The second-order valence-electron chi connectivity index (χ2n) is 8.08. The molecule has 0 radical (unpaired) electrons. The van der Waals surface area contributed by atoms with Crippen LogP contribution in [0.5, 0.6) is 5.75 Å².